The standard InChI is InChI=1S/C12H14BrF2NO/c1-6-4-7(5-17-6)12(16)10-9(14)3-2-8(13)11(10)15/h2-3,6-7,12H,4-5,16H2,1H3. The van der Waals surface area contributed by atoms with Crippen LogP contribution in [0.3, 0.4) is 0 Å². The van der Waals surface area contributed by atoms with Gasteiger partial charge < -0.3 is 10.5 Å². The smallest absolute Gasteiger partial charge is 0.145 e. The molecule has 1 aromatic rings. The Morgan fingerprint density at radius 2 is 2.18 bits per heavy atom. The first-order valence-electron chi connectivity index (χ1n) is 5.51. The van der Waals surface area contributed by atoms with Gasteiger partial charge in [0.2, 0.25) is 0 Å². The Bertz CT molecular complexity index is 427. The molecule has 2 N–H and O–H groups in total. The molecule has 0 saturated carbocycles. The molecule has 0 spiro atoms. The number of rotatable bonds is 2. The average Bonchev–Trinajstić information content (AvgIpc) is 2.71. The van der Waals surface area contributed by atoms with Crippen LogP contribution >= 0.6 is 15.9 Å². The number of hydrogen-bond acceptors (Lipinski definition) is 2. The van der Waals surface area contributed by atoms with Gasteiger partial charge in [0.05, 0.1) is 17.2 Å². The van der Waals surface area contributed by atoms with E-state index in [1.165, 1.54) is 12.1 Å². The Morgan fingerprint density at radius 3 is 2.76 bits per heavy atom. The van der Waals surface area contributed by atoms with E-state index >= 15 is 0 Å². The van der Waals surface area contributed by atoms with Gasteiger partial charge in [0, 0.05) is 17.5 Å². The summed E-state index contributed by atoms with van der Waals surface area (Å²) in [6.45, 7) is 2.38. The van der Waals surface area contributed by atoms with Crippen molar-refractivity contribution in [2.75, 3.05) is 6.61 Å². The number of ether oxygens (including phenoxy) is 1. The minimum atomic E-state index is -0.669. The van der Waals surface area contributed by atoms with Gasteiger partial charge in [0.15, 0.2) is 0 Å². The maximum atomic E-state index is 13.9. The SMILES string of the molecule is CC1CC(C(N)c2c(F)ccc(Br)c2F)CO1. The summed E-state index contributed by atoms with van der Waals surface area (Å²) in [7, 11) is 0. The fourth-order valence-electron chi connectivity index (χ4n) is 2.18. The molecule has 3 atom stereocenters. The summed E-state index contributed by atoms with van der Waals surface area (Å²) in [4.78, 5) is 0. The van der Waals surface area contributed by atoms with Crippen molar-refractivity contribution in [2.45, 2.75) is 25.5 Å². The Labute approximate surface area is 107 Å². The highest BCUT2D eigenvalue weighted by Crippen LogP contribution is 2.34. The zero-order chi connectivity index (χ0) is 12.6. The maximum Gasteiger partial charge on any atom is 0.145 e. The van der Waals surface area contributed by atoms with Crippen molar-refractivity contribution in [3.05, 3.63) is 33.8 Å². The summed E-state index contributed by atoms with van der Waals surface area (Å²) < 4.78 is 33.1. The molecule has 2 nitrogen and oxygen atoms in total. The number of hydrogen-bond donors (Lipinski definition) is 1. The largest absolute Gasteiger partial charge is 0.378 e. The molecule has 0 aromatic heterocycles. The predicted octanol–water partition coefficient (Wildman–Crippen LogP) is 3.15. The summed E-state index contributed by atoms with van der Waals surface area (Å²) in [5.41, 5.74) is 5.90. The van der Waals surface area contributed by atoms with Crippen LogP contribution in [0.2, 0.25) is 0 Å². The van der Waals surface area contributed by atoms with Crippen LogP contribution in [0.25, 0.3) is 0 Å². The van der Waals surface area contributed by atoms with Gasteiger partial charge in [-0.3, -0.25) is 0 Å². The first-order valence-corrected chi connectivity index (χ1v) is 6.30. The highest BCUT2D eigenvalue weighted by molar-refractivity contribution is 9.10. The highest BCUT2D eigenvalue weighted by atomic mass is 79.9. The lowest BCUT2D eigenvalue weighted by Gasteiger charge is -2.19. The molecule has 0 aliphatic carbocycles. The molecule has 1 aromatic carbocycles. The fourth-order valence-corrected chi connectivity index (χ4v) is 2.53. The van der Waals surface area contributed by atoms with Crippen molar-refractivity contribution in [1.29, 1.82) is 0 Å². The Morgan fingerprint density at radius 1 is 1.47 bits per heavy atom. The highest BCUT2D eigenvalue weighted by Gasteiger charge is 2.31. The maximum absolute atomic E-state index is 13.9. The van der Waals surface area contributed by atoms with Crippen LogP contribution in [-0.2, 0) is 4.74 Å². The van der Waals surface area contributed by atoms with Crippen molar-refractivity contribution in [3.8, 4) is 0 Å². The third kappa shape index (κ3) is 2.51. The van der Waals surface area contributed by atoms with Crippen molar-refractivity contribution in [1.82, 2.24) is 0 Å². The zero-order valence-electron chi connectivity index (χ0n) is 9.42. The van der Waals surface area contributed by atoms with Crippen LogP contribution in [0.1, 0.15) is 24.9 Å². The summed E-state index contributed by atoms with van der Waals surface area (Å²) >= 11 is 3.04. The summed E-state index contributed by atoms with van der Waals surface area (Å²) in [6.07, 6.45) is 0.830. The quantitative estimate of drug-likeness (QED) is 0.852. The van der Waals surface area contributed by atoms with Gasteiger partial charge in [-0.2, -0.15) is 0 Å². The molecule has 3 unspecified atom stereocenters. The topological polar surface area (TPSA) is 35.2 Å². The summed E-state index contributed by atoms with van der Waals surface area (Å²) in [6, 6.07) is 1.90. The normalized spacial score (nSPS) is 26.2. The molecule has 1 saturated heterocycles. The lowest BCUT2D eigenvalue weighted by molar-refractivity contribution is 0.118. The molecule has 1 fully saturated rings. The molecule has 0 amide bonds. The van der Waals surface area contributed by atoms with E-state index in [4.69, 9.17) is 10.5 Å². The third-order valence-corrected chi connectivity index (χ3v) is 3.76. The van der Waals surface area contributed by atoms with E-state index in [2.05, 4.69) is 15.9 Å². The average molecular weight is 306 g/mol. The molecule has 1 aliphatic rings. The van der Waals surface area contributed by atoms with E-state index in [0.717, 1.165) is 6.42 Å². The summed E-state index contributed by atoms with van der Waals surface area (Å²) in [5, 5.41) is 0. The van der Waals surface area contributed by atoms with Crippen LogP contribution in [-0.4, -0.2) is 12.7 Å². The molecule has 17 heavy (non-hydrogen) atoms. The first-order chi connectivity index (χ1) is 8.00. The van der Waals surface area contributed by atoms with Gasteiger partial charge in [-0.15, -0.1) is 0 Å². The van der Waals surface area contributed by atoms with Crippen LogP contribution < -0.4 is 5.73 Å². The van der Waals surface area contributed by atoms with Crippen LogP contribution in [0.5, 0.6) is 0 Å². The van der Waals surface area contributed by atoms with E-state index in [1.54, 1.807) is 0 Å². The van der Waals surface area contributed by atoms with Gasteiger partial charge in [0.1, 0.15) is 11.6 Å². The van der Waals surface area contributed by atoms with Crippen LogP contribution in [0, 0.1) is 17.6 Å². The molecule has 5 heteroatoms. The molecule has 1 aliphatic heterocycles. The predicted molar refractivity (Wildman–Crippen MR) is 64.5 cm³/mol. The minimum Gasteiger partial charge on any atom is -0.378 e. The van der Waals surface area contributed by atoms with Gasteiger partial charge in [0.25, 0.3) is 0 Å². The van der Waals surface area contributed by atoms with Gasteiger partial charge >= 0.3 is 0 Å². The Hall–Kier alpha value is -0.520. The lowest BCUT2D eigenvalue weighted by Crippen LogP contribution is -2.24. The monoisotopic (exact) mass is 305 g/mol. The van der Waals surface area contributed by atoms with E-state index in [1.807, 2.05) is 6.92 Å². The van der Waals surface area contributed by atoms with Crippen molar-refractivity contribution in [3.63, 3.8) is 0 Å². The Balaban J connectivity index is 2.30. The molecule has 94 valence electrons. The van der Waals surface area contributed by atoms with E-state index in [0.29, 0.717) is 6.61 Å². The second-order valence-corrected chi connectivity index (χ2v) is 5.28. The second-order valence-electron chi connectivity index (χ2n) is 4.42. The molecule has 0 radical (unpaired) electrons. The van der Waals surface area contributed by atoms with Crippen molar-refractivity contribution >= 4 is 15.9 Å². The molecular formula is C12H14BrF2NO. The van der Waals surface area contributed by atoms with Gasteiger partial charge in [-0.1, -0.05) is 0 Å². The van der Waals surface area contributed by atoms with E-state index in [-0.39, 0.29) is 22.1 Å². The molecule has 1 heterocycles. The van der Waals surface area contributed by atoms with Gasteiger partial charge in [-0.25, -0.2) is 8.78 Å². The fraction of sp³-hybridized carbons (Fsp3) is 0.500. The van der Waals surface area contributed by atoms with Crippen molar-refractivity contribution < 1.29 is 13.5 Å². The number of halogens is 3. The van der Waals surface area contributed by atoms with Crippen LogP contribution in [0.15, 0.2) is 16.6 Å². The number of nitrogens with two attached hydrogens (primary N) is 1. The van der Waals surface area contributed by atoms with Crippen LogP contribution in [0.4, 0.5) is 8.78 Å². The minimum absolute atomic E-state index is 0.0386. The zero-order valence-corrected chi connectivity index (χ0v) is 11.0. The lowest BCUT2D eigenvalue weighted by atomic mass is 9.91. The van der Waals surface area contributed by atoms with Crippen molar-refractivity contribution in [2.24, 2.45) is 11.7 Å². The third-order valence-electron chi connectivity index (χ3n) is 3.15. The molecule has 2 rings (SSSR count). The van der Waals surface area contributed by atoms with Gasteiger partial charge in [-0.05, 0) is 41.4 Å². The first kappa shape index (κ1) is 12.9. The molecule has 0 bridgehead atoms. The Kier molecular flexibility index (Phi) is 3.80. The summed E-state index contributed by atoms with van der Waals surface area (Å²) in [5.74, 6) is -1.25. The molecular weight excluding hydrogens is 292 g/mol. The van der Waals surface area contributed by atoms with E-state index in [9.17, 15) is 8.78 Å². The van der Waals surface area contributed by atoms with E-state index < -0.39 is 17.7 Å². The number of benzene rings is 1. The second kappa shape index (κ2) is 5.00.